The van der Waals surface area contributed by atoms with Crippen LogP contribution in [0.2, 0.25) is 10.0 Å². The van der Waals surface area contributed by atoms with Crippen molar-refractivity contribution in [3.63, 3.8) is 0 Å². The fraction of sp³-hybridized carbons (Fsp3) is 0.214. The predicted molar refractivity (Wildman–Crippen MR) is 146 cm³/mol. The second kappa shape index (κ2) is 11.0. The largest absolute Gasteiger partial charge is 0.493 e. The Hall–Kier alpha value is -3.28. The second-order valence-electron chi connectivity index (χ2n) is 8.44. The Morgan fingerprint density at radius 1 is 1.06 bits per heavy atom. The van der Waals surface area contributed by atoms with Crippen molar-refractivity contribution in [2.24, 2.45) is 0 Å². The lowest BCUT2D eigenvalue weighted by molar-refractivity contribution is -0.109. The Morgan fingerprint density at radius 2 is 1.80 bits per heavy atom. The van der Waals surface area contributed by atoms with E-state index in [9.17, 15) is 4.79 Å². The van der Waals surface area contributed by atoms with Gasteiger partial charge in [0.15, 0.2) is 0 Å². The predicted octanol–water partition coefficient (Wildman–Crippen LogP) is 7.07. The van der Waals surface area contributed by atoms with Gasteiger partial charge in [-0.2, -0.15) is 0 Å². The van der Waals surface area contributed by atoms with E-state index in [1.807, 2.05) is 75.9 Å². The van der Waals surface area contributed by atoms with Gasteiger partial charge in [0.2, 0.25) is 0 Å². The highest BCUT2D eigenvalue weighted by Gasteiger charge is 2.19. The van der Waals surface area contributed by atoms with Crippen molar-refractivity contribution in [2.45, 2.75) is 12.3 Å². The number of carbonyl (C=O) groups excluding carboxylic acids is 1. The molecule has 1 atom stereocenters. The van der Waals surface area contributed by atoms with Crippen molar-refractivity contribution < 1.29 is 9.53 Å². The number of carbonyl (C=O) groups is 1. The van der Waals surface area contributed by atoms with Crippen molar-refractivity contribution in [1.82, 2.24) is 4.98 Å². The van der Waals surface area contributed by atoms with Crippen LogP contribution < -0.4 is 15.0 Å². The van der Waals surface area contributed by atoms with Gasteiger partial charge in [0.1, 0.15) is 12.0 Å². The van der Waals surface area contributed by atoms with E-state index < -0.39 is 0 Å². The molecule has 5 rings (SSSR count). The Bertz CT molecular complexity index is 1340. The lowest BCUT2D eigenvalue weighted by Crippen LogP contribution is -2.14. The Kier molecular flexibility index (Phi) is 7.79. The molecule has 0 fully saturated rings. The van der Waals surface area contributed by atoms with Crippen molar-refractivity contribution in [1.29, 1.82) is 0 Å². The summed E-state index contributed by atoms with van der Waals surface area (Å²) in [5, 5.41) is 5.51. The van der Waals surface area contributed by atoms with Gasteiger partial charge < -0.3 is 19.7 Å². The van der Waals surface area contributed by atoms with Crippen LogP contribution in [-0.2, 0) is 4.79 Å². The summed E-state index contributed by atoms with van der Waals surface area (Å²) >= 11 is 12.3. The third kappa shape index (κ3) is 5.37. The summed E-state index contributed by atoms with van der Waals surface area (Å²) in [6.07, 6.45) is 3.66. The Morgan fingerprint density at radius 3 is 2.49 bits per heavy atom. The van der Waals surface area contributed by atoms with Crippen molar-refractivity contribution in [3.05, 3.63) is 82.5 Å². The third-order valence-electron chi connectivity index (χ3n) is 5.93. The van der Waals surface area contributed by atoms with Crippen LogP contribution in [0.15, 0.2) is 66.9 Å². The molecule has 0 aliphatic carbocycles. The average Bonchev–Trinajstić information content (AvgIpc) is 2.86. The molecule has 0 bridgehead atoms. The highest BCUT2D eigenvalue weighted by molar-refractivity contribution is 6.35. The van der Waals surface area contributed by atoms with Crippen LogP contribution in [-0.4, -0.2) is 39.0 Å². The van der Waals surface area contributed by atoms with Crippen LogP contribution in [0.25, 0.3) is 22.0 Å². The molecule has 1 aliphatic heterocycles. The molecule has 1 unspecified atom stereocenters. The standard InChI is InChI=1S/C18H17Cl2N3.C10H10O2/c1-21-16-10-22-17-14(11-7-12(19)9-13(20)8-11)5-4-6-15(17)18(16)23(2)3;11-7-8-5-6-12-10-4-2-1-3-9(8)10/h4-10,21H,1-3H3;1-4,7-8H,5-6H2. The molecule has 0 amide bonds. The van der Waals surface area contributed by atoms with E-state index in [0.29, 0.717) is 16.7 Å². The lowest BCUT2D eigenvalue weighted by Gasteiger charge is -2.21. The summed E-state index contributed by atoms with van der Waals surface area (Å²) in [6.45, 7) is 0.653. The molecule has 1 aromatic heterocycles. The summed E-state index contributed by atoms with van der Waals surface area (Å²) in [4.78, 5) is 17.4. The number of aldehydes is 1. The van der Waals surface area contributed by atoms with E-state index in [1.54, 1.807) is 6.07 Å². The highest BCUT2D eigenvalue weighted by Crippen LogP contribution is 2.37. The SMILES string of the molecule is CNc1cnc2c(-c3cc(Cl)cc(Cl)c3)cccc2c1N(C)C.O=CC1CCOc2ccccc21. The Balaban J connectivity index is 0.000000201. The number of nitrogens with zero attached hydrogens (tertiary/aromatic N) is 2. The minimum Gasteiger partial charge on any atom is -0.493 e. The number of pyridine rings is 1. The molecule has 1 N–H and O–H groups in total. The smallest absolute Gasteiger partial charge is 0.127 e. The number of benzene rings is 3. The molecular weight excluding hydrogens is 481 g/mol. The van der Waals surface area contributed by atoms with E-state index in [1.165, 1.54) is 0 Å². The molecule has 7 heteroatoms. The molecule has 5 nitrogen and oxygen atoms in total. The number of nitrogens with one attached hydrogen (secondary N) is 1. The lowest BCUT2D eigenvalue weighted by atomic mass is 9.95. The fourth-order valence-electron chi connectivity index (χ4n) is 4.33. The normalized spacial score (nSPS) is 14.3. The van der Waals surface area contributed by atoms with Gasteiger partial charge in [-0.05, 0) is 36.2 Å². The minimum atomic E-state index is 0.0370. The fourth-order valence-corrected chi connectivity index (χ4v) is 4.85. The van der Waals surface area contributed by atoms with Crippen molar-refractivity contribution in [2.75, 3.05) is 38.0 Å². The van der Waals surface area contributed by atoms with E-state index >= 15 is 0 Å². The van der Waals surface area contributed by atoms with E-state index in [0.717, 1.165) is 57.4 Å². The molecule has 180 valence electrons. The molecule has 0 saturated carbocycles. The zero-order valence-electron chi connectivity index (χ0n) is 19.9. The summed E-state index contributed by atoms with van der Waals surface area (Å²) in [5.41, 5.74) is 6.02. The van der Waals surface area contributed by atoms with Gasteiger partial charge in [-0.3, -0.25) is 4.98 Å². The number of anilines is 2. The number of rotatable bonds is 4. The first-order valence-corrected chi connectivity index (χ1v) is 12.1. The molecule has 3 aromatic carbocycles. The first-order valence-electron chi connectivity index (χ1n) is 11.3. The van der Waals surface area contributed by atoms with Crippen LogP contribution in [0, 0.1) is 0 Å². The van der Waals surface area contributed by atoms with Crippen molar-refractivity contribution in [3.8, 4) is 16.9 Å². The van der Waals surface area contributed by atoms with E-state index in [2.05, 4.69) is 21.3 Å². The van der Waals surface area contributed by atoms with Crippen LogP contribution in [0.1, 0.15) is 17.9 Å². The monoisotopic (exact) mass is 507 g/mol. The molecule has 2 heterocycles. The molecule has 35 heavy (non-hydrogen) atoms. The van der Waals surface area contributed by atoms with Gasteiger partial charge in [0, 0.05) is 53.6 Å². The molecule has 1 aliphatic rings. The molecule has 4 aromatic rings. The van der Waals surface area contributed by atoms with Crippen LogP contribution in [0.4, 0.5) is 11.4 Å². The first-order chi connectivity index (χ1) is 16.9. The van der Waals surface area contributed by atoms with E-state index in [-0.39, 0.29) is 5.92 Å². The average molecular weight is 508 g/mol. The summed E-state index contributed by atoms with van der Waals surface area (Å²) in [7, 11) is 5.95. The number of hydrogen-bond donors (Lipinski definition) is 1. The zero-order chi connectivity index (χ0) is 24.9. The highest BCUT2D eigenvalue weighted by atomic mass is 35.5. The number of hydrogen-bond acceptors (Lipinski definition) is 5. The number of aromatic nitrogens is 1. The zero-order valence-corrected chi connectivity index (χ0v) is 21.4. The van der Waals surface area contributed by atoms with Gasteiger partial charge in [-0.25, -0.2) is 0 Å². The van der Waals surface area contributed by atoms with E-state index in [4.69, 9.17) is 27.9 Å². The van der Waals surface area contributed by atoms with Gasteiger partial charge >= 0.3 is 0 Å². The summed E-state index contributed by atoms with van der Waals surface area (Å²) < 4.78 is 5.40. The maximum atomic E-state index is 10.7. The second-order valence-corrected chi connectivity index (χ2v) is 9.32. The number of halogens is 2. The summed E-state index contributed by atoms with van der Waals surface area (Å²) in [5.74, 6) is 0.899. The van der Waals surface area contributed by atoms with Gasteiger partial charge in [-0.15, -0.1) is 0 Å². The number of fused-ring (bicyclic) bond motifs is 2. The Labute approximate surface area is 215 Å². The van der Waals surface area contributed by atoms with Gasteiger partial charge in [0.25, 0.3) is 0 Å². The van der Waals surface area contributed by atoms with Crippen molar-refractivity contribution >= 4 is 51.8 Å². The van der Waals surface area contributed by atoms with Crippen LogP contribution in [0.5, 0.6) is 5.75 Å². The molecule has 0 radical (unpaired) electrons. The molecule has 0 spiro atoms. The van der Waals surface area contributed by atoms with Gasteiger partial charge in [0.05, 0.1) is 29.7 Å². The first kappa shape index (κ1) is 24.8. The topological polar surface area (TPSA) is 54.5 Å². The molecular formula is C28H27Cl2N3O2. The van der Waals surface area contributed by atoms with Crippen LogP contribution >= 0.6 is 23.2 Å². The number of para-hydroxylation sites is 2. The van der Waals surface area contributed by atoms with Crippen LogP contribution in [0.3, 0.4) is 0 Å². The maximum Gasteiger partial charge on any atom is 0.127 e. The molecule has 0 saturated heterocycles. The quantitative estimate of drug-likeness (QED) is 0.299. The number of ether oxygens (including phenoxy) is 1. The summed E-state index contributed by atoms with van der Waals surface area (Å²) in [6, 6.07) is 19.4. The van der Waals surface area contributed by atoms with Gasteiger partial charge in [-0.1, -0.05) is 59.6 Å². The maximum absolute atomic E-state index is 10.7. The third-order valence-corrected chi connectivity index (χ3v) is 6.36. The minimum absolute atomic E-state index is 0.0370.